The van der Waals surface area contributed by atoms with Crippen molar-refractivity contribution >= 4 is 28.8 Å². The fraction of sp³-hybridized carbons (Fsp3) is 0.158. The minimum atomic E-state index is -0.326. The lowest BCUT2D eigenvalue weighted by molar-refractivity contribution is 0.0745. The number of hydrogen-bond acceptors (Lipinski definition) is 4. The molecule has 0 fully saturated rings. The van der Waals surface area contributed by atoms with Crippen LogP contribution >= 0.6 is 11.3 Å². The van der Waals surface area contributed by atoms with Crippen LogP contribution in [0.2, 0.25) is 0 Å². The number of thiophene rings is 1. The number of furan rings is 1. The summed E-state index contributed by atoms with van der Waals surface area (Å²) in [6, 6.07) is 14.1. The van der Waals surface area contributed by atoms with Gasteiger partial charge < -0.3 is 14.6 Å². The Morgan fingerprint density at radius 3 is 2.48 bits per heavy atom. The quantitative estimate of drug-likeness (QED) is 0.737. The maximum Gasteiger partial charge on any atom is 0.291 e. The number of nitrogens with zero attached hydrogens (tertiary/aromatic N) is 1. The van der Waals surface area contributed by atoms with Crippen LogP contribution in [-0.2, 0) is 0 Å². The maximum atomic E-state index is 12.6. The van der Waals surface area contributed by atoms with E-state index in [4.69, 9.17) is 4.42 Å². The Labute approximate surface area is 149 Å². The molecule has 2 aromatic heterocycles. The van der Waals surface area contributed by atoms with Crippen LogP contribution < -0.4 is 5.32 Å². The third kappa shape index (κ3) is 3.80. The van der Waals surface area contributed by atoms with Crippen LogP contribution in [0, 0.1) is 0 Å². The monoisotopic (exact) mass is 354 g/mol. The number of hydrogen-bond donors (Lipinski definition) is 1. The molecule has 5 nitrogen and oxygen atoms in total. The molecular formula is C19H18N2O3S. The lowest BCUT2D eigenvalue weighted by Gasteiger charge is -2.24. The minimum absolute atomic E-state index is 0.00540. The van der Waals surface area contributed by atoms with Crippen molar-refractivity contribution in [3.63, 3.8) is 0 Å². The molecule has 3 rings (SSSR count). The van der Waals surface area contributed by atoms with Gasteiger partial charge in [0.25, 0.3) is 11.8 Å². The molecule has 0 aliphatic carbocycles. The number of nitrogens with one attached hydrogen (secondary N) is 1. The van der Waals surface area contributed by atoms with Crippen LogP contribution in [0.15, 0.2) is 64.6 Å². The first-order valence-corrected chi connectivity index (χ1v) is 8.69. The highest BCUT2D eigenvalue weighted by atomic mass is 32.1. The first kappa shape index (κ1) is 17.0. The molecule has 0 spiro atoms. The zero-order chi connectivity index (χ0) is 17.8. The molecule has 6 heteroatoms. The zero-order valence-corrected chi connectivity index (χ0v) is 14.7. The second-order valence-electron chi connectivity index (χ2n) is 5.62. The molecule has 2 heterocycles. The Kier molecular flexibility index (Phi) is 5.00. The molecule has 0 unspecified atom stereocenters. The van der Waals surface area contributed by atoms with Crippen LogP contribution in [0.1, 0.15) is 38.8 Å². The van der Waals surface area contributed by atoms with E-state index in [9.17, 15) is 9.59 Å². The van der Waals surface area contributed by atoms with Gasteiger partial charge in [0.05, 0.1) is 12.3 Å². The highest BCUT2D eigenvalue weighted by Crippen LogP contribution is 2.25. The number of amides is 2. The predicted molar refractivity (Wildman–Crippen MR) is 97.9 cm³/mol. The summed E-state index contributed by atoms with van der Waals surface area (Å²) in [5.74, 6) is -0.151. The number of carbonyl (C=O) groups is 2. The van der Waals surface area contributed by atoms with E-state index in [0.717, 1.165) is 4.88 Å². The van der Waals surface area contributed by atoms with Crippen molar-refractivity contribution in [3.8, 4) is 0 Å². The molecule has 0 aliphatic heterocycles. The molecule has 0 aliphatic rings. The van der Waals surface area contributed by atoms with Gasteiger partial charge in [-0.15, -0.1) is 11.3 Å². The van der Waals surface area contributed by atoms with Crippen LogP contribution in [0.25, 0.3) is 0 Å². The van der Waals surface area contributed by atoms with Crippen LogP contribution in [0.5, 0.6) is 0 Å². The molecule has 1 aromatic carbocycles. The van der Waals surface area contributed by atoms with E-state index in [0.29, 0.717) is 11.3 Å². The molecule has 2 amide bonds. The van der Waals surface area contributed by atoms with Crippen molar-refractivity contribution < 1.29 is 14.0 Å². The lowest BCUT2D eigenvalue weighted by atomic mass is 10.1. The Bertz CT molecular complexity index is 839. The molecule has 25 heavy (non-hydrogen) atoms. The standard InChI is InChI=1S/C19H18N2O3S/c1-13(17-6-4-12-25-17)21(2)19(23)14-7-9-15(10-8-14)20-18(22)16-5-3-11-24-16/h3-13H,1-2H3,(H,20,22)/t13-/m1/s1. The third-order valence-corrected chi connectivity index (χ3v) is 5.03. The molecule has 0 bridgehead atoms. The molecule has 0 saturated heterocycles. The number of carbonyl (C=O) groups excluding carboxylic acids is 2. The topological polar surface area (TPSA) is 62.6 Å². The largest absolute Gasteiger partial charge is 0.459 e. The van der Waals surface area contributed by atoms with Crippen molar-refractivity contribution in [2.45, 2.75) is 13.0 Å². The van der Waals surface area contributed by atoms with Crippen molar-refractivity contribution in [2.24, 2.45) is 0 Å². The molecule has 0 radical (unpaired) electrons. The van der Waals surface area contributed by atoms with Crippen LogP contribution in [0.3, 0.4) is 0 Å². The summed E-state index contributed by atoms with van der Waals surface area (Å²) in [5.41, 5.74) is 1.17. The van der Waals surface area contributed by atoms with E-state index in [1.54, 1.807) is 59.7 Å². The number of benzene rings is 1. The molecule has 1 atom stereocenters. The van der Waals surface area contributed by atoms with E-state index in [1.165, 1.54) is 6.26 Å². The van der Waals surface area contributed by atoms with Gasteiger partial charge in [-0.05, 0) is 54.8 Å². The van der Waals surface area contributed by atoms with E-state index >= 15 is 0 Å². The minimum Gasteiger partial charge on any atom is -0.459 e. The first-order chi connectivity index (χ1) is 12.1. The fourth-order valence-corrected chi connectivity index (χ4v) is 3.22. The van der Waals surface area contributed by atoms with Crippen molar-refractivity contribution in [3.05, 3.63) is 76.4 Å². The van der Waals surface area contributed by atoms with Gasteiger partial charge in [0, 0.05) is 23.2 Å². The molecular weight excluding hydrogens is 336 g/mol. The number of rotatable bonds is 5. The van der Waals surface area contributed by atoms with Gasteiger partial charge in [-0.3, -0.25) is 9.59 Å². The summed E-state index contributed by atoms with van der Waals surface area (Å²) in [5, 5.41) is 4.73. The first-order valence-electron chi connectivity index (χ1n) is 7.81. The molecule has 0 saturated carbocycles. The van der Waals surface area contributed by atoms with Crippen molar-refractivity contribution in [1.82, 2.24) is 4.90 Å². The number of anilines is 1. The summed E-state index contributed by atoms with van der Waals surface area (Å²) >= 11 is 1.63. The zero-order valence-electron chi connectivity index (χ0n) is 13.9. The highest BCUT2D eigenvalue weighted by molar-refractivity contribution is 7.10. The summed E-state index contributed by atoms with van der Waals surface area (Å²) in [6.07, 6.45) is 1.45. The Morgan fingerprint density at radius 1 is 1.12 bits per heavy atom. The van der Waals surface area contributed by atoms with Crippen LogP contribution in [0.4, 0.5) is 5.69 Å². The van der Waals surface area contributed by atoms with E-state index in [-0.39, 0.29) is 23.6 Å². The van der Waals surface area contributed by atoms with Crippen LogP contribution in [-0.4, -0.2) is 23.8 Å². The highest BCUT2D eigenvalue weighted by Gasteiger charge is 2.19. The van der Waals surface area contributed by atoms with Gasteiger partial charge in [-0.2, -0.15) is 0 Å². The average molecular weight is 354 g/mol. The molecule has 128 valence electrons. The molecule has 3 aromatic rings. The van der Waals surface area contributed by atoms with Gasteiger partial charge in [-0.25, -0.2) is 0 Å². The smallest absolute Gasteiger partial charge is 0.291 e. The maximum absolute atomic E-state index is 12.6. The van der Waals surface area contributed by atoms with E-state index < -0.39 is 0 Å². The van der Waals surface area contributed by atoms with Gasteiger partial charge >= 0.3 is 0 Å². The average Bonchev–Trinajstić information content (AvgIpc) is 3.33. The summed E-state index contributed by atoms with van der Waals surface area (Å²) in [6.45, 7) is 2.00. The summed E-state index contributed by atoms with van der Waals surface area (Å²) < 4.78 is 5.05. The Balaban J connectivity index is 1.67. The molecule has 1 N–H and O–H groups in total. The predicted octanol–water partition coefficient (Wildman–Crippen LogP) is 4.43. The van der Waals surface area contributed by atoms with E-state index in [1.807, 2.05) is 24.4 Å². The SMILES string of the molecule is C[C@H](c1cccs1)N(C)C(=O)c1ccc(NC(=O)c2ccco2)cc1. The van der Waals surface area contributed by atoms with Gasteiger partial charge in [0.2, 0.25) is 0 Å². The normalized spacial score (nSPS) is 11.8. The van der Waals surface area contributed by atoms with Crippen molar-refractivity contribution in [2.75, 3.05) is 12.4 Å². The van der Waals surface area contributed by atoms with Gasteiger partial charge in [0.15, 0.2) is 5.76 Å². The second-order valence-corrected chi connectivity index (χ2v) is 6.60. The summed E-state index contributed by atoms with van der Waals surface area (Å²) in [4.78, 5) is 27.4. The lowest BCUT2D eigenvalue weighted by Crippen LogP contribution is -2.29. The van der Waals surface area contributed by atoms with Gasteiger partial charge in [-0.1, -0.05) is 6.07 Å². The second kappa shape index (κ2) is 7.36. The summed E-state index contributed by atoms with van der Waals surface area (Å²) in [7, 11) is 1.79. The van der Waals surface area contributed by atoms with E-state index in [2.05, 4.69) is 5.32 Å². The third-order valence-electron chi connectivity index (χ3n) is 3.99. The van der Waals surface area contributed by atoms with Gasteiger partial charge in [0.1, 0.15) is 0 Å². The van der Waals surface area contributed by atoms with Crippen molar-refractivity contribution in [1.29, 1.82) is 0 Å². The fourth-order valence-electron chi connectivity index (χ4n) is 2.40. The Hall–Kier alpha value is -2.86. The Morgan fingerprint density at radius 2 is 1.88 bits per heavy atom.